The quantitative estimate of drug-likeness (QED) is 0.645. The Morgan fingerprint density at radius 2 is 2.10 bits per heavy atom. The molecule has 0 saturated carbocycles. The first-order chi connectivity index (χ1) is 9.37. The predicted octanol–water partition coefficient (Wildman–Crippen LogP) is -0.600. The first-order valence-electron chi connectivity index (χ1n) is 7.15. The van der Waals surface area contributed by atoms with Crippen molar-refractivity contribution in [3.63, 3.8) is 0 Å². The van der Waals surface area contributed by atoms with E-state index in [0.717, 1.165) is 31.7 Å². The van der Waals surface area contributed by atoms with Crippen LogP contribution in [0.2, 0.25) is 0 Å². The molecule has 6 nitrogen and oxygen atoms in total. The van der Waals surface area contributed by atoms with Gasteiger partial charge in [-0.2, -0.15) is 0 Å². The molecule has 116 valence electrons. The maximum absolute atomic E-state index is 11.6. The monoisotopic (exact) mass is 303 g/mol. The molecular weight excluding hydrogens is 278 g/mol. The highest BCUT2D eigenvalue weighted by Crippen LogP contribution is 2.43. The molecule has 2 rings (SSSR count). The normalized spacial score (nSPS) is 32.4. The van der Waals surface area contributed by atoms with Crippen molar-refractivity contribution in [1.29, 1.82) is 0 Å². The second-order valence-corrected chi connectivity index (χ2v) is 7.22. The van der Waals surface area contributed by atoms with Gasteiger partial charge in [-0.3, -0.25) is 9.69 Å². The van der Waals surface area contributed by atoms with E-state index in [9.17, 15) is 15.0 Å². The first-order valence-corrected chi connectivity index (χ1v) is 8.14. The van der Waals surface area contributed by atoms with Gasteiger partial charge in [-0.15, -0.1) is 11.8 Å². The highest BCUT2D eigenvalue weighted by Gasteiger charge is 2.49. The molecule has 20 heavy (non-hydrogen) atoms. The highest BCUT2D eigenvalue weighted by atomic mass is 32.2. The minimum Gasteiger partial charge on any atom is -0.392 e. The summed E-state index contributed by atoms with van der Waals surface area (Å²) in [4.78, 5) is 15.2. The lowest BCUT2D eigenvalue weighted by Gasteiger charge is -2.47. The molecule has 0 aliphatic carbocycles. The van der Waals surface area contributed by atoms with Crippen molar-refractivity contribution >= 4 is 17.7 Å². The van der Waals surface area contributed by atoms with Crippen molar-refractivity contribution in [2.75, 3.05) is 25.4 Å². The van der Waals surface area contributed by atoms with Gasteiger partial charge in [0.1, 0.15) is 6.23 Å². The maximum Gasteiger partial charge on any atom is 0.219 e. The molecule has 2 aliphatic heterocycles. The molecule has 1 spiro atoms. The largest absolute Gasteiger partial charge is 0.392 e. The molecule has 0 aromatic heterocycles. The summed E-state index contributed by atoms with van der Waals surface area (Å²) in [5.74, 6) is 0.987. The topological polar surface area (TPSA) is 90.0 Å². The Labute approximate surface area is 124 Å². The van der Waals surface area contributed by atoms with Gasteiger partial charge in [0.05, 0.1) is 17.0 Å². The molecule has 0 bridgehead atoms. The van der Waals surface area contributed by atoms with E-state index in [0.29, 0.717) is 6.54 Å². The van der Waals surface area contributed by atoms with E-state index in [1.54, 1.807) is 25.6 Å². The number of carbonyl (C=O) groups excluding carboxylic acids is 1. The summed E-state index contributed by atoms with van der Waals surface area (Å²) in [5, 5.41) is 20.0. The van der Waals surface area contributed by atoms with E-state index in [-0.39, 0.29) is 10.8 Å². The lowest BCUT2D eigenvalue weighted by molar-refractivity contribution is -0.134. The maximum atomic E-state index is 11.6. The molecule has 2 aliphatic rings. The number of aliphatic hydroxyl groups is 2. The summed E-state index contributed by atoms with van der Waals surface area (Å²) in [6.45, 7) is 5.31. The summed E-state index contributed by atoms with van der Waals surface area (Å²) in [6.07, 6.45) is 0.224. The van der Waals surface area contributed by atoms with Crippen LogP contribution >= 0.6 is 11.8 Å². The number of piperidine rings is 1. The van der Waals surface area contributed by atoms with Crippen LogP contribution in [0.25, 0.3) is 0 Å². The summed E-state index contributed by atoms with van der Waals surface area (Å²) in [5.41, 5.74) is 5.89. The third kappa shape index (κ3) is 2.96. The summed E-state index contributed by atoms with van der Waals surface area (Å²) in [6, 6.07) is -0.696. The second kappa shape index (κ2) is 6.19. The third-order valence-electron chi connectivity index (χ3n) is 4.33. The van der Waals surface area contributed by atoms with Gasteiger partial charge in [-0.1, -0.05) is 0 Å². The molecule has 7 heteroatoms. The summed E-state index contributed by atoms with van der Waals surface area (Å²) < 4.78 is 0. The van der Waals surface area contributed by atoms with Crippen molar-refractivity contribution < 1.29 is 15.0 Å². The van der Waals surface area contributed by atoms with E-state index >= 15 is 0 Å². The number of hydrogen-bond donors (Lipinski definition) is 3. The lowest BCUT2D eigenvalue weighted by atomic mass is 10.0. The van der Waals surface area contributed by atoms with E-state index in [1.165, 1.54) is 0 Å². The van der Waals surface area contributed by atoms with Gasteiger partial charge >= 0.3 is 0 Å². The average Bonchev–Trinajstić information content (AvgIpc) is 2.80. The molecule has 0 aromatic rings. The molecule has 2 heterocycles. The minimum absolute atomic E-state index is 0.0749. The number of aliphatic hydroxyl groups excluding tert-OH is 2. The number of rotatable bonds is 3. The molecule has 4 atom stereocenters. The van der Waals surface area contributed by atoms with Crippen LogP contribution in [0.15, 0.2) is 0 Å². The smallest absolute Gasteiger partial charge is 0.219 e. The highest BCUT2D eigenvalue weighted by molar-refractivity contribution is 8.00. The number of amides is 1. The summed E-state index contributed by atoms with van der Waals surface area (Å²) in [7, 11) is 0. The van der Waals surface area contributed by atoms with Crippen molar-refractivity contribution in [1.82, 2.24) is 9.80 Å². The van der Waals surface area contributed by atoms with E-state index in [4.69, 9.17) is 5.73 Å². The number of hydrogen-bond acceptors (Lipinski definition) is 6. The molecule has 4 N–H and O–H groups in total. The Bertz CT molecular complexity index is 369. The van der Waals surface area contributed by atoms with Gasteiger partial charge in [0, 0.05) is 32.3 Å². The van der Waals surface area contributed by atoms with Gasteiger partial charge in [0.2, 0.25) is 5.91 Å². The zero-order chi connectivity index (χ0) is 14.9. The molecule has 2 saturated heterocycles. The zero-order valence-electron chi connectivity index (χ0n) is 12.2. The molecule has 1 amide bonds. The number of nitrogens with zero attached hydrogens (tertiary/aromatic N) is 2. The SMILES string of the molecule is CC(=O)N1CCCC2(C1)SCCN2C(O)[C@@H](N)[C@@H](C)O. The minimum atomic E-state index is -0.878. The van der Waals surface area contributed by atoms with Crippen molar-refractivity contribution in [3.8, 4) is 0 Å². The third-order valence-corrected chi connectivity index (χ3v) is 5.82. The Hall–Kier alpha value is -0.340. The fourth-order valence-electron chi connectivity index (χ4n) is 3.07. The lowest BCUT2D eigenvalue weighted by Crippen LogP contribution is -2.62. The van der Waals surface area contributed by atoms with Crippen LogP contribution in [0.1, 0.15) is 26.7 Å². The van der Waals surface area contributed by atoms with Gasteiger partial charge in [-0.25, -0.2) is 0 Å². The number of carbonyl (C=O) groups is 1. The molecular formula is C13H25N3O3S. The first kappa shape index (κ1) is 16.0. The van der Waals surface area contributed by atoms with Gasteiger partial charge < -0.3 is 20.8 Å². The molecule has 2 fully saturated rings. The van der Waals surface area contributed by atoms with Crippen LogP contribution in [0.3, 0.4) is 0 Å². The van der Waals surface area contributed by atoms with E-state index in [2.05, 4.69) is 0 Å². The Morgan fingerprint density at radius 3 is 2.70 bits per heavy atom. The van der Waals surface area contributed by atoms with Gasteiger partial charge in [0.15, 0.2) is 0 Å². The second-order valence-electron chi connectivity index (χ2n) is 5.76. The van der Waals surface area contributed by atoms with Crippen LogP contribution < -0.4 is 5.73 Å². The predicted molar refractivity (Wildman–Crippen MR) is 79.0 cm³/mol. The molecule has 0 radical (unpaired) electrons. The van der Waals surface area contributed by atoms with Crippen molar-refractivity contribution in [3.05, 3.63) is 0 Å². The number of nitrogens with two attached hydrogens (primary N) is 1. The standard InChI is InChI=1S/C13H25N3O3S/c1-9(17)11(14)12(19)16-6-7-20-13(16)4-3-5-15(8-13)10(2)18/h9,11-12,17,19H,3-8,14H2,1-2H3/t9-,11+,12?,13?/m1/s1. The van der Waals surface area contributed by atoms with Crippen LogP contribution in [0, 0.1) is 0 Å². The van der Waals surface area contributed by atoms with Crippen LogP contribution in [0.5, 0.6) is 0 Å². The van der Waals surface area contributed by atoms with Crippen molar-refractivity contribution in [2.45, 2.75) is 49.9 Å². The Kier molecular flexibility index (Phi) is 4.96. The van der Waals surface area contributed by atoms with Gasteiger partial charge in [0.25, 0.3) is 0 Å². The van der Waals surface area contributed by atoms with Crippen molar-refractivity contribution in [2.24, 2.45) is 5.73 Å². The number of likely N-dealkylation sites (tertiary alicyclic amines) is 1. The fraction of sp³-hybridized carbons (Fsp3) is 0.923. The average molecular weight is 303 g/mol. The van der Waals surface area contributed by atoms with Crippen LogP contribution in [0.4, 0.5) is 0 Å². The fourth-order valence-corrected chi connectivity index (χ4v) is 4.64. The zero-order valence-corrected chi connectivity index (χ0v) is 13.0. The van der Waals surface area contributed by atoms with E-state index < -0.39 is 18.4 Å². The number of thioether (sulfide) groups is 1. The molecule has 0 aromatic carbocycles. The summed E-state index contributed by atoms with van der Waals surface area (Å²) >= 11 is 1.79. The van der Waals surface area contributed by atoms with Crippen LogP contribution in [-0.4, -0.2) is 74.6 Å². The molecule has 2 unspecified atom stereocenters. The van der Waals surface area contributed by atoms with Gasteiger partial charge in [-0.05, 0) is 19.8 Å². The Morgan fingerprint density at radius 1 is 1.40 bits per heavy atom. The van der Waals surface area contributed by atoms with Crippen LogP contribution in [-0.2, 0) is 4.79 Å². The van der Waals surface area contributed by atoms with E-state index in [1.807, 2.05) is 9.80 Å². The Balaban J connectivity index is 2.15.